The number of likely N-dealkylation sites (tertiary alicyclic amines) is 2. The van der Waals surface area contributed by atoms with Crippen molar-refractivity contribution in [2.45, 2.75) is 50.9 Å². The van der Waals surface area contributed by atoms with Gasteiger partial charge in [-0.05, 0) is 37.2 Å². The van der Waals surface area contributed by atoms with Crippen molar-refractivity contribution in [3.63, 3.8) is 0 Å². The van der Waals surface area contributed by atoms with Crippen LogP contribution in [-0.2, 0) is 14.4 Å². The van der Waals surface area contributed by atoms with Gasteiger partial charge in [0.1, 0.15) is 0 Å². The van der Waals surface area contributed by atoms with E-state index in [0.717, 1.165) is 51.6 Å². The summed E-state index contributed by atoms with van der Waals surface area (Å²) in [5, 5.41) is 0. The number of fused-ring (bicyclic) bond motifs is 1. The van der Waals surface area contributed by atoms with Crippen LogP contribution in [0.1, 0.15) is 56.4 Å². The van der Waals surface area contributed by atoms with Crippen molar-refractivity contribution >= 4 is 17.7 Å². The first-order chi connectivity index (χ1) is 13.1. The van der Waals surface area contributed by atoms with Gasteiger partial charge in [0.05, 0.1) is 11.8 Å². The van der Waals surface area contributed by atoms with Gasteiger partial charge in [-0.2, -0.15) is 0 Å². The van der Waals surface area contributed by atoms with E-state index in [1.807, 2.05) is 11.0 Å². The van der Waals surface area contributed by atoms with Crippen LogP contribution in [0.25, 0.3) is 0 Å². The van der Waals surface area contributed by atoms with E-state index in [1.54, 1.807) is 0 Å². The van der Waals surface area contributed by atoms with Crippen molar-refractivity contribution in [2.75, 3.05) is 19.6 Å². The Bertz CT molecular complexity index is 686. The zero-order valence-electron chi connectivity index (χ0n) is 15.8. The molecule has 2 aliphatic heterocycles. The van der Waals surface area contributed by atoms with E-state index in [4.69, 9.17) is 0 Å². The van der Waals surface area contributed by atoms with E-state index in [-0.39, 0.29) is 42.5 Å². The molecule has 5 heteroatoms. The molecule has 4 rings (SSSR count). The number of benzene rings is 1. The maximum absolute atomic E-state index is 12.6. The van der Waals surface area contributed by atoms with Gasteiger partial charge in [0.15, 0.2) is 0 Å². The van der Waals surface area contributed by atoms with Gasteiger partial charge in [0.2, 0.25) is 17.7 Å². The van der Waals surface area contributed by atoms with Gasteiger partial charge in [-0.15, -0.1) is 0 Å². The summed E-state index contributed by atoms with van der Waals surface area (Å²) >= 11 is 0. The van der Waals surface area contributed by atoms with Crippen molar-refractivity contribution in [2.24, 2.45) is 11.8 Å². The lowest BCUT2D eigenvalue weighted by molar-refractivity contribution is -0.141. The molecule has 3 amide bonds. The van der Waals surface area contributed by atoms with Gasteiger partial charge in [-0.1, -0.05) is 43.2 Å². The highest BCUT2D eigenvalue weighted by molar-refractivity contribution is 6.05. The lowest BCUT2D eigenvalue weighted by Gasteiger charge is -2.32. The first-order valence-electron chi connectivity index (χ1n) is 10.3. The van der Waals surface area contributed by atoms with Crippen LogP contribution in [0.5, 0.6) is 0 Å². The lowest BCUT2D eigenvalue weighted by Crippen LogP contribution is -2.40. The smallest absolute Gasteiger partial charge is 0.233 e. The SMILES string of the molecule is O=C(CCN1C(=O)C2CCCCC2C1=O)N1CCC(c2ccccc2)CC1. The maximum atomic E-state index is 12.6. The molecule has 0 bridgehead atoms. The third-order valence-electron chi connectivity index (χ3n) is 6.60. The van der Waals surface area contributed by atoms with Crippen LogP contribution in [0.2, 0.25) is 0 Å². The van der Waals surface area contributed by atoms with Crippen LogP contribution in [-0.4, -0.2) is 47.2 Å². The van der Waals surface area contributed by atoms with Gasteiger partial charge in [0, 0.05) is 26.1 Å². The molecule has 2 atom stereocenters. The van der Waals surface area contributed by atoms with Crippen LogP contribution in [0, 0.1) is 11.8 Å². The molecule has 1 aromatic rings. The number of amides is 3. The van der Waals surface area contributed by atoms with Crippen molar-refractivity contribution in [3.8, 4) is 0 Å². The predicted octanol–water partition coefficient (Wildman–Crippen LogP) is 2.96. The molecule has 0 N–H and O–H groups in total. The molecule has 3 aliphatic rings. The standard InChI is InChI=1S/C22H28N2O3/c25-20(23-13-10-17(11-14-23)16-6-2-1-3-7-16)12-15-24-21(26)18-8-4-5-9-19(18)22(24)27/h1-3,6-7,17-19H,4-5,8-15H2. The van der Waals surface area contributed by atoms with E-state index in [1.165, 1.54) is 10.5 Å². The highest BCUT2D eigenvalue weighted by atomic mass is 16.2. The number of imide groups is 1. The maximum Gasteiger partial charge on any atom is 0.233 e. The summed E-state index contributed by atoms with van der Waals surface area (Å²) < 4.78 is 0. The Labute approximate surface area is 160 Å². The lowest BCUT2D eigenvalue weighted by atomic mass is 9.81. The molecule has 5 nitrogen and oxygen atoms in total. The fraction of sp³-hybridized carbons (Fsp3) is 0.591. The third kappa shape index (κ3) is 3.64. The second-order valence-corrected chi connectivity index (χ2v) is 8.14. The van der Waals surface area contributed by atoms with E-state index in [9.17, 15) is 14.4 Å². The monoisotopic (exact) mass is 368 g/mol. The van der Waals surface area contributed by atoms with Gasteiger partial charge in [-0.25, -0.2) is 0 Å². The molecular formula is C22H28N2O3. The summed E-state index contributed by atoms with van der Waals surface area (Å²) in [6.45, 7) is 1.76. The second kappa shape index (κ2) is 7.83. The predicted molar refractivity (Wildman–Crippen MR) is 102 cm³/mol. The van der Waals surface area contributed by atoms with Crippen molar-refractivity contribution < 1.29 is 14.4 Å². The quantitative estimate of drug-likeness (QED) is 0.768. The van der Waals surface area contributed by atoms with Crippen LogP contribution in [0.4, 0.5) is 0 Å². The van der Waals surface area contributed by atoms with E-state index >= 15 is 0 Å². The van der Waals surface area contributed by atoms with Gasteiger partial charge >= 0.3 is 0 Å². The molecule has 1 aromatic carbocycles. The van der Waals surface area contributed by atoms with E-state index in [0.29, 0.717) is 5.92 Å². The molecule has 0 spiro atoms. The molecular weight excluding hydrogens is 340 g/mol. The molecule has 0 radical (unpaired) electrons. The molecule has 2 unspecified atom stereocenters. The normalized spacial score (nSPS) is 26.4. The van der Waals surface area contributed by atoms with Crippen LogP contribution in [0.3, 0.4) is 0 Å². The molecule has 1 aliphatic carbocycles. The first-order valence-corrected chi connectivity index (χ1v) is 10.3. The van der Waals surface area contributed by atoms with Crippen LogP contribution in [0.15, 0.2) is 30.3 Å². The summed E-state index contributed by atoms with van der Waals surface area (Å²) in [5.41, 5.74) is 1.35. The minimum absolute atomic E-state index is 0.0414. The highest BCUT2D eigenvalue weighted by Gasteiger charge is 2.47. The Hall–Kier alpha value is -2.17. The molecule has 1 saturated carbocycles. The zero-order valence-corrected chi connectivity index (χ0v) is 15.8. The Morgan fingerprint density at radius 3 is 2.07 bits per heavy atom. The van der Waals surface area contributed by atoms with E-state index < -0.39 is 0 Å². The molecule has 2 saturated heterocycles. The summed E-state index contributed by atoms with van der Waals surface area (Å²) in [4.78, 5) is 40.9. The average Bonchev–Trinajstić information content (AvgIpc) is 2.97. The van der Waals surface area contributed by atoms with E-state index in [2.05, 4.69) is 24.3 Å². The molecule has 3 fully saturated rings. The Morgan fingerprint density at radius 1 is 0.889 bits per heavy atom. The summed E-state index contributed by atoms with van der Waals surface area (Å²) in [6.07, 6.45) is 5.92. The number of piperidine rings is 1. The zero-order chi connectivity index (χ0) is 18.8. The third-order valence-corrected chi connectivity index (χ3v) is 6.60. The summed E-state index contributed by atoms with van der Waals surface area (Å²) in [5.74, 6) is 0.253. The summed E-state index contributed by atoms with van der Waals surface area (Å²) in [7, 11) is 0. The second-order valence-electron chi connectivity index (χ2n) is 8.14. The van der Waals surface area contributed by atoms with Crippen molar-refractivity contribution in [1.82, 2.24) is 9.80 Å². The number of hydrogen-bond donors (Lipinski definition) is 0. The topological polar surface area (TPSA) is 57.7 Å². The highest BCUT2D eigenvalue weighted by Crippen LogP contribution is 2.38. The number of carbonyl (C=O) groups excluding carboxylic acids is 3. The number of rotatable bonds is 4. The molecule has 27 heavy (non-hydrogen) atoms. The largest absolute Gasteiger partial charge is 0.343 e. The minimum atomic E-state index is -0.122. The number of hydrogen-bond acceptors (Lipinski definition) is 3. The number of nitrogens with zero attached hydrogens (tertiary/aromatic N) is 2. The molecule has 0 aromatic heterocycles. The minimum Gasteiger partial charge on any atom is -0.343 e. The summed E-state index contributed by atoms with van der Waals surface area (Å²) in [6, 6.07) is 10.5. The Kier molecular flexibility index (Phi) is 5.28. The van der Waals surface area contributed by atoms with Crippen molar-refractivity contribution in [3.05, 3.63) is 35.9 Å². The van der Waals surface area contributed by atoms with Crippen molar-refractivity contribution in [1.29, 1.82) is 0 Å². The molecule has 144 valence electrons. The van der Waals surface area contributed by atoms with Crippen LogP contribution >= 0.6 is 0 Å². The van der Waals surface area contributed by atoms with Gasteiger partial charge in [0.25, 0.3) is 0 Å². The van der Waals surface area contributed by atoms with Crippen LogP contribution < -0.4 is 0 Å². The Morgan fingerprint density at radius 2 is 1.48 bits per heavy atom. The number of carbonyl (C=O) groups is 3. The average molecular weight is 368 g/mol. The fourth-order valence-corrected chi connectivity index (χ4v) is 5.00. The van der Waals surface area contributed by atoms with Gasteiger partial charge < -0.3 is 4.90 Å². The molecule has 2 heterocycles. The fourth-order valence-electron chi connectivity index (χ4n) is 5.00. The Balaban J connectivity index is 1.28. The van der Waals surface area contributed by atoms with Gasteiger partial charge in [-0.3, -0.25) is 19.3 Å². The first kappa shape index (κ1) is 18.2.